The molecule has 2 fully saturated rings. The minimum Gasteiger partial charge on any atom is -0.344 e. The molecule has 2 aliphatic heterocycles. The highest BCUT2D eigenvalue weighted by atomic mass is 32.2. The van der Waals surface area contributed by atoms with Crippen molar-refractivity contribution in [2.24, 2.45) is 5.92 Å². The topological polar surface area (TPSA) is 86.7 Å². The van der Waals surface area contributed by atoms with Gasteiger partial charge in [0.2, 0.25) is 15.9 Å². The van der Waals surface area contributed by atoms with Gasteiger partial charge in [0.25, 0.3) is 0 Å². The molecule has 178 valence electrons. The molecule has 5 rings (SSSR count). The van der Waals surface area contributed by atoms with Gasteiger partial charge >= 0.3 is 0 Å². The van der Waals surface area contributed by atoms with Gasteiger partial charge in [-0.15, -0.1) is 0 Å². The summed E-state index contributed by atoms with van der Waals surface area (Å²) in [6.07, 6.45) is 4.51. The van der Waals surface area contributed by atoms with E-state index in [0.717, 1.165) is 34.1 Å². The Morgan fingerprint density at radius 3 is 2.41 bits per heavy atom. The number of carbonyl (C=O) groups is 1. The number of pyridine rings is 1. The van der Waals surface area contributed by atoms with Gasteiger partial charge in [0.1, 0.15) is 10.3 Å². The highest BCUT2D eigenvalue weighted by Crippen LogP contribution is 2.28. The van der Waals surface area contributed by atoms with Crippen LogP contribution in [0, 0.1) is 5.92 Å². The van der Waals surface area contributed by atoms with Gasteiger partial charge in [-0.25, -0.2) is 18.4 Å². The molecule has 10 heteroatoms. The van der Waals surface area contributed by atoms with Crippen LogP contribution in [0.15, 0.2) is 54.1 Å². The number of amides is 1. The lowest BCUT2D eigenvalue weighted by Crippen LogP contribution is -2.52. The highest BCUT2D eigenvalue weighted by Gasteiger charge is 2.33. The van der Waals surface area contributed by atoms with Gasteiger partial charge in [-0.1, -0.05) is 41.7 Å². The molecule has 2 saturated heterocycles. The van der Waals surface area contributed by atoms with E-state index in [1.54, 1.807) is 23.6 Å². The fourth-order valence-corrected chi connectivity index (χ4v) is 6.62. The second-order valence-corrected chi connectivity index (χ2v) is 11.3. The van der Waals surface area contributed by atoms with E-state index in [9.17, 15) is 13.2 Å². The van der Waals surface area contributed by atoms with Crippen LogP contribution in [0.25, 0.3) is 16.4 Å². The third kappa shape index (κ3) is 4.98. The summed E-state index contributed by atoms with van der Waals surface area (Å²) in [5, 5.41) is 2.21. The number of carbonyl (C=O) groups excluding carboxylic acids is 1. The SMILES string of the molecule is O=C(C1CCN(S(=O)(=O)/C=C/c2ccccc2)CC1)N1CCN(c2nc3cccnc3s2)CC1. The number of hydrogen-bond acceptors (Lipinski definition) is 7. The third-order valence-electron chi connectivity index (χ3n) is 6.41. The van der Waals surface area contributed by atoms with Crippen LogP contribution in [0.5, 0.6) is 0 Å². The van der Waals surface area contributed by atoms with Gasteiger partial charge in [0.15, 0.2) is 5.13 Å². The van der Waals surface area contributed by atoms with E-state index in [1.807, 2.05) is 47.4 Å². The molecule has 0 N–H and O–H groups in total. The van der Waals surface area contributed by atoms with Crippen molar-refractivity contribution in [2.45, 2.75) is 12.8 Å². The van der Waals surface area contributed by atoms with Gasteiger partial charge in [-0.2, -0.15) is 4.31 Å². The third-order valence-corrected chi connectivity index (χ3v) is 9.02. The number of fused-ring (bicyclic) bond motifs is 1. The minimum absolute atomic E-state index is 0.122. The van der Waals surface area contributed by atoms with Gasteiger partial charge in [-0.05, 0) is 36.6 Å². The number of piperazine rings is 1. The van der Waals surface area contributed by atoms with Crippen molar-refractivity contribution in [1.82, 2.24) is 19.2 Å². The van der Waals surface area contributed by atoms with Crippen LogP contribution >= 0.6 is 11.3 Å². The number of nitrogens with zero attached hydrogens (tertiary/aromatic N) is 5. The largest absolute Gasteiger partial charge is 0.344 e. The number of aromatic nitrogens is 2. The average Bonchev–Trinajstić information content (AvgIpc) is 3.32. The molecule has 1 aromatic carbocycles. The molecule has 0 bridgehead atoms. The summed E-state index contributed by atoms with van der Waals surface area (Å²) in [5.41, 5.74) is 1.75. The van der Waals surface area contributed by atoms with Crippen molar-refractivity contribution < 1.29 is 13.2 Å². The van der Waals surface area contributed by atoms with Crippen LogP contribution in [0.1, 0.15) is 18.4 Å². The van der Waals surface area contributed by atoms with Crippen LogP contribution in [-0.4, -0.2) is 72.8 Å². The lowest BCUT2D eigenvalue weighted by atomic mass is 9.96. The molecule has 0 atom stereocenters. The zero-order valence-corrected chi connectivity index (χ0v) is 20.4. The number of benzene rings is 1. The summed E-state index contributed by atoms with van der Waals surface area (Å²) < 4.78 is 26.9. The molecule has 0 unspecified atom stereocenters. The van der Waals surface area contributed by atoms with E-state index < -0.39 is 10.0 Å². The molecule has 3 aromatic rings. The Labute approximate surface area is 203 Å². The van der Waals surface area contributed by atoms with Gasteiger partial charge in [0.05, 0.1) is 0 Å². The minimum atomic E-state index is -3.49. The van der Waals surface area contributed by atoms with E-state index in [2.05, 4.69) is 14.9 Å². The first kappa shape index (κ1) is 22.9. The predicted molar refractivity (Wildman–Crippen MR) is 135 cm³/mol. The van der Waals surface area contributed by atoms with E-state index in [4.69, 9.17) is 0 Å². The van der Waals surface area contributed by atoms with Crippen LogP contribution in [0.2, 0.25) is 0 Å². The molecule has 8 nitrogen and oxygen atoms in total. The summed E-state index contributed by atoms with van der Waals surface area (Å²) in [5.74, 6) is 0.0187. The first-order valence-corrected chi connectivity index (χ1v) is 13.8. The van der Waals surface area contributed by atoms with Crippen molar-refractivity contribution in [3.05, 3.63) is 59.6 Å². The predicted octanol–water partition coefficient (Wildman–Crippen LogP) is 3.05. The number of hydrogen-bond donors (Lipinski definition) is 0. The maximum Gasteiger partial charge on any atom is 0.236 e. The fraction of sp³-hybridized carbons (Fsp3) is 0.375. The van der Waals surface area contributed by atoms with Crippen molar-refractivity contribution >= 4 is 48.8 Å². The molecule has 0 radical (unpaired) electrons. The standard InChI is InChI=1S/C24H27N5O3S2/c30-23(27-14-16-28(17-15-27)24-26-21-7-4-11-25-22(21)33-24)20-8-12-29(13-9-20)34(31,32)18-10-19-5-2-1-3-6-19/h1-7,10-11,18,20H,8-9,12-17H2/b18-10+. The lowest BCUT2D eigenvalue weighted by molar-refractivity contribution is -0.137. The van der Waals surface area contributed by atoms with E-state index in [0.29, 0.717) is 39.0 Å². The number of sulfonamides is 1. The first-order chi connectivity index (χ1) is 16.5. The van der Waals surface area contributed by atoms with Crippen molar-refractivity contribution in [2.75, 3.05) is 44.2 Å². The molecule has 1 amide bonds. The maximum atomic E-state index is 13.1. The Bertz CT molecular complexity index is 1240. The van der Waals surface area contributed by atoms with Crippen molar-refractivity contribution in [3.63, 3.8) is 0 Å². The van der Waals surface area contributed by atoms with E-state index in [-0.39, 0.29) is 11.8 Å². The summed E-state index contributed by atoms with van der Waals surface area (Å²) in [4.78, 5) is 27.2. The van der Waals surface area contributed by atoms with Gasteiger partial charge in [-0.3, -0.25) is 4.79 Å². The number of thiazole rings is 1. The number of rotatable bonds is 5. The summed E-state index contributed by atoms with van der Waals surface area (Å²) in [7, 11) is -3.49. The quantitative estimate of drug-likeness (QED) is 0.539. The molecule has 2 aliphatic rings. The second kappa shape index (κ2) is 9.81. The molecule has 0 aliphatic carbocycles. The van der Waals surface area contributed by atoms with Crippen LogP contribution in [0.3, 0.4) is 0 Å². The Morgan fingerprint density at radius 2 is 1.71 bits per heavy atom. The Hall–Kier alpha value is -2.82. The van der Waals surface area contributed by atoms with Crippen molar-refractivity contribution in [3.8, 4) is 0 Å². The average molecular weight is 498 g/mol. The normalized spacial score (nSPS) is 18.7. The molecule has 34 heavy (non-hydrogen) atoms. The number of anilines is 1. The van der Waals surface area contributed by atoms with Gasteiger partial charge in [0, 0.05) is 56.8 Å². The Kier molecular flexibility index (Phi) is 6.62. The summed E-state index contributed by atoms with van der Waals surface area (Å²) in [6.45, 7) is 3.53. The molecule has 0 saturated carbocycles. The maximum absolute atomic E-state index is 13.1. The lowest BCUT2D eigenvalue weighted by Gasteiger charge is -2.38. The Balaban J connectivity index is 1.13. The summed E-state index contributed by atoms with van der Waals surface area (Å²) >= 11 is 1.58. The van der Waals surface area contributed by atoms with Crippen molar-refractivity contribution in [1.29, 1.82) is 0 Å². The second-order valence-electron chi connectivity index (χ2n) is 8.57. The zero-order valence-electron chi connectivity index (χ0n) is 18.8. The smallest absolute Gasteiger partial charge is 0.236 e. The van der Waals surface area contributed by atoms with Gasteiger partial charge < -0.3 is 9.80 Å². The first-order valence-electron chi connectivity index (χ1n) is 11.5. The summed E-state index contributed by atoms with van der Waals surface area (Å²) in [6, 6.07) is 13.2. The fourth-order valence-electron chi connectivity index (χ4n) is 4.44. The molecular formula is C24H27N5O3S2. The van der Waals surface area contributed by atoms with Crippen LogP contribution < -0.4 is 4.90 Å². The van der Waals surface area contributed by atoms with Crippen LogP contribution in [0.4, 0.5) is 5.13 Å². The van der Waals surface area contributed by atoms with E-state index in [1.165, 1.54) is 9.71 Å². The molecule has 2 aromatic heterocycles. The van der Waals surface area contributed by atoms with Crippen LogP contribution in [-0.2, 0) is 14.8 Å². The molecular weight excluding hydrogens is 470 g/mol. The molecule has 0 spiro atoms. The number of piperidine rings is 1. The monoisotopic (exact) mass is 497 g/mol. The highest BCUT2D eigenvalue weighted by molar-refractivity contribution is 7.92. The van der Waals surface area contributed by atoms with E-state index >= 15 is 0 Å². The molecule has 4 heterocycles. The zero-order chi connectivity index (χ0) is 23.5. The Morgan fingerprint density at radius 1 is 0.971 bits per heavy atom.